The number of rotatable bonds is 5. The van der Waals surface area contributed by atoms with Crippen LogP contribution in [0.3, 0.4) is 0 Å². The molecule has 3 rings (SSSR count). The number of carbonyl (C=O) groups is 1. The lowest BCUT2D eigenvalue weighted by molar-refractivity contribution is -0.122. The van der Waals surface area contributed by atoms with Gasteiger partial charge in [-0.05, 0) is 30.2 Å². The van der Waals surface area contributed by atoms with Gasteiger partial charge in [0.1, 0.15) is 16.7 Å². The van der Waals surface area contributed by atoms with E-state index in [4.69, 9.17) is 21.7 Å². The minimum atomic E-state index is -0.0316. The molecule has 0 aliphatic carbocycles. The fraction of sp³-hybridized carbons (Fsp3) is 0.294. The molecule has 0 aromatic heterocycles. The van der Waals surface area contributed by atoms with Crippen LogP contribution in [0.5, 0.6) is 5.75 Å². The molecule has 0 radical (unpaired) electrons. The SMILES string of the molecule is COCCCN1C(=O)C(=CC2=Cc3ccccc3OC2)SC1=S. The van der Waals surface area contributed by atoms with E-state index in [1.807, 2.05) is 30.3 Å². The van der Waals surface area contributed by atoms with Gasteiger partial charge in [0, 0.05) is 25.8 Å². The second-order valence-corrected chi connectivity index (χ2v) is 6.90. The number of fused-ring (bicyclic) bond motifs is 1. The van der Waals surface area contributed by atoms with Crippen LogP contribution in [0.1, 0.15) is 12.0 Å². The number of thiocarbonyl (C=S) groups is 1. The number of benzene rings is 1. The van der Waals surface area contributed by atoms with E-state index in [0.717, 1.165) is 23.3 Å². The molecule has 6 heteroatoms. The molecule has 2 aliphatic heterocycles. The number of nitrogens with zero attached hydrogens (tertiary/aromatic N) is 1. The quantitative estimate of drug-likeness (QED) is 0.464. The molecular formula is C17H17NO3S2. The molecule has 1 fully saturated rings. The van der Waals surface area contributed by atoms with Gasteiger partial charge in [-0.1, -0.05) is 42.2 Å². The number of thioether (sulfide) groups is 1. The minimum Gasteiger partial charge on any atom is -0.488 e. The summed E-state index contributed by atoms with van der Waals surface area (Å²) >= 11 is 6.66. The number of ether oxygens (including phenoxy) is 2. The fourth-order valence-electron chi connectivity index (χ4n) is 2.45. The standard InChI is InChI=1S/C17H17NO3S2/c1-20-8-4-7-18-16(19)15(23-17(18)22)10-12-9-13-5-2-3-6-14(13)21-11-12/h2-3,5-6,9-10H,4,7-8,11H2,1H3. The van der Waals surface area contributed by atoms with Crippen molar-refractivity contribution in [3.63, 3.8) is 0 Å². The van der Waals surface area contributed by atoms with Crippen LogP contribution in [0.2, 0.25) is 0 Å². The Morgan fingerprint density at radius 1 is 1.43 bits per heavy atom. The van der Waals surface area contributed by atoms with Crippen molar-refractivity contribution in [3.8, 4) is 5.75 Å². The van der Waals surface area contributed by atoms with Gasteiger partial charge in [0.15, 0.2) is 0 Å². The van der Waals surface area contributed by atoms with E-state index in [-0.39, 0.29) is 5.91 Å². The van der Waals surface area contributed by atoms with Gasteiger partial charge >= 0.3 is 0 Å². The zero-order valence-corrected chi connectivity index (χ0v) is 14.4. The van der Waals surface area contributed by atoms with Gasteiger partial charge in [-0.3, -0.25) is 9.69 Å². The van der Waals surface area contributed by atoms with Gasteiger partial charge in [-0.25, -0.2) is 0 Å². The van der Waals surface area contributed by atoms with Gasteiger partial charge in [0.05, 0.1) is 4.91 Å². The van der Waals surface area contributed by atoms with Crippen molar-refractivity contribution < 1.29 is 14.3 Å². The van der Waals surface area contributed by atoms with E-state index in [1.165, 1.54) is 11.8 Å². The third-order valence-corrected chi connectivity index (χ3v) is 4.95. The number of methoxy groups -OCH3 is 1. The first-order valence-corrected chi connectivity index (χ1v) is 8.58. The predicted molar refractivity (Wildman–Crippen MR) is 96.4 cm³/mol. The zero-order chi connectivity index (χ0) is 16.2. The van der Waals surface area contributed by atoms with Crippen LogP contribution in [-0.4, -0.2) is 42.0 Å². The third-order valence-electron chi connectivity index (χ3n) is 3.57. The molecule has 1 aromatic carbocycles. The lowest BCUT2D eigenvalue weighted by atomic mass is 10.1. The van der Waals surface area contributed by atoms with E-state index in [0.29, 0.717) is 29.0 Å². The normalized spacial score (nSPS) is 18.9. The number of amides is 1. The van der Waals surface area contributed by atoms with E-state index < -0.39 is 0 Å². The summed E-state index contributed by atoms with van der Waals surface area (Å²) in [7, 11) is 1.65. The average molecular weight is 347 g/mol. The van der Waals surface area contributed by atoms with E-state index in [1.54, 1.807) is 12.0 Å². The Morgan fingerprint density at radius 3 is 3.09 bits per heavy atom. The number of hydrogen-bond acceptors (Lipinski definition) is 5. The molecule has 0 saturated carbocycles. The van der Waals surface area contributed by atoms with Crippen molar-refractivity contribution in [3.05, 3.63) is 46.4 Å². The summed E-state index contributed by atoms with van der Waals surface area (Å²) in [5.74, 6) is 0.840. The molecule has 0 unspecified atom stereocenters. The zero-order valence-electron chi connectivity index (χ0n) is 12.8. The second-order valence-electron chi connectivity index (χ2n) is 5.23. The highest BCUT2D eigenvalue weighted by Gasteiger charge is 2.31. The first kappa shape index (κ1) is 16.2. The summed E-state index contributed by atoms with van der Waals surface area (Å²) in [6.07, 6.45) is 4.71. The lowest BCUT2D eigenvalue weighted by Crippen LogP contribution is -2.29. The number of para-hydroxylation sites is 1. The van der Waals surface area contributed by atoms with Crippen LogP contribution < -0.4 is 4.74 Å². The minimum absolute atomic E-state index is 0.0316. The molecule has 2 heterocycles. The molecule has 1 aromatic rings. The monoisotopic (exact) mass is 347 g/mol. The van der Waals surface area contributed by atoms with Crippen LogP contribution in [-0.2, 0) is 9.53 Å². The van der Waals surface area contributed by atoms with Gasteiger partial charge in [0.25, 0.3) is 5.91 Å². The third kappa shape index (κ3) is 3.65. The molecule has 2 aliphatic rings. The van der Waals surface area contributed by atoms with Crippen molar-refractivity contribution in [2.45, 2.75) is 6.42 Å². The van der Waals surface area contributed by atoms with Gasteiger partial charge in [0.2, 0.25) is 0 Å². The van der Waals surface area contributed by atoms with Crippen molar-refractivity contribution in [2.75, 3.05) is 26.9 Å². The predicted octanol–water partition coefficient (Wildman–Crippen LogP) is 3.24. The largest absolute Gasteiger partial charge is 0.488 e. The summed E-state index contributed by atoms with van der Waals surface area (Å²) < 4.78 is 11.4. The van der Waals surface area contributed by atoms with Crippen LogP contribution in [0, 0.1) is 0 Å². The van der Waals surface area contributed by atoms with E-state index in [2.05, 4.69) is 6.08 Å². The van der Waals surface area contributed by atoms with Crippen LogP contribution in [0.4, 0.5) is 0 Å². The summed E-state index contributed by atoms with van der Waals surface area (Å²) in [6, 6.07) is 7.86. The smallest absolute Gasteiger partial charge is 0.266 e. The molecular weight excluding hydrogens is 330 g/mol. The van der Waals surface area contributed by atoms with Gasteiger partial charge < -0.3 is 9.47 Å². The Labute approximate surface area is 145 Å². The van der Waals surface area contributed by atoms with Crippen molar-refractivity contribution in [1.29, 1.82) is 0 Å². The highest BCUT2D eigenvalue weighted by molar-refractivity contribution is 8.26. The molecule has 1 saturated heterocycles. The van der Waals surface area contributed by atoms with E-state index >= 15 is 0 Å². The summed E-state index contributed by atoms with van der Waals surface area (Å²) in [5, 5.41) is 0. The maximum absolute atomic E-state index is 12.5. The van der Waals surface area contributed by atoms with Crippen molar-refractivity contribution in [1.82, 2.24) is 4.90 Å². The number of hydrogen-bond donors (Lipinski definition) is 0. The first-order valence-electron chi connectivity index (χ1n) is 7.36. The molecule has 0 spiro atoms. The average Bonchev–Trinajstić information content (AvgIpc) is 2.82. The molecule has 1 amide bonds. The highest BCUT2D eigenvalue weighted by Crippen LogP contribution is 2.33. The second kappa shape index (κ2) is 7.29. The molecule has 23 heavy (non-hydrogen) atoms. The van der Waals surface area contributed by atoms with Gasteiger partial charge in [-0.15, -0.1) is 0 Å². The Hall–Kier alpha value is -1.63. The van der Waals surface area contributed by atoms with Crippen molar-refractivity contribution in [2.24, 2.45) is 0 Å². The number of carbonyl (C=O) groups excluding carboxylic acids is 1. The fourth-order valence-corrected chi connectivity index (χ4v) is 3.77. The summed E-state index contributed by atoms with van der Waals surface area (Å²) in [4.78, 5) is 14.8. The molecule has 0 atom stereocenters. The Kier molecular flexibility index (Phi) is 5.15. The van der Waals surface area contributed by atoms with Crippen LogP contribution >= 0.6 is 24.0 Å². The maximum atomic E-state index is 12.5. The Bertz CT molecular complexity index is 697. The highest BCUT2D eigenvalue weighted by atomic mass is 32.2. The molecule has 0 N–H and O–H groups in total. The van der Waals surface area contributed by atoms with E-state index in [9.17, 15) is 4.79 Å². The van der Waals surface area contributed by atoms with Crippen LogP contribution in [0.15, 0.2) is 40.8 Å². The molecule has 4 nitrogen and oxygen atoms in total. The lowest BCUT2D eigenvalue weighted by Gasteiger charge is -2.16. The topological polar surface area (TPSA) is 38.8 Å². The molecule has 120 valence electrons. The Morgan fingerprint density at radius 2 is 2.26 bits per heavy atom. The maximum Gasteiger partial charge on any atom is 0.266 e. The van der Waals surface area contributed by atoms with Crippen LogP contribution in [0.25, 0.3) is 6.08 Å². The summed E-state index contributed by atoms with van der Waals surface area (Å²) in [6.45, 7) is 1.67. The first-order chi connectivity index (χ1) is 11.2. The molecule has 0 bridgehead atoms. The van der Waals surface area contributed by atoms with Crippen molar-refractivity contribution >= 4 is 40.3 Å². The Balaban J connectivity index is 1.75. The summed E-state index contributed by atoms with van der Waals surface area (Å²) in [5.41, 5.74) is 2.00. The van der Waals surface area contributed by atoms with Gasteiger partial charge in [-0.2, -0.15) is 0 Å².